The Balaban J connectivity index is 0.000000568. The van der Waals surface area contributed by atoms with Crippen molar-refractivity contribution in [2.75, 3.05) is 0 Å². The zero-order valence-electron chi connectivity index (χ0n) is 19.9. The van der Waals surface area contributed by atoms with Crippen molar-refractivity contribution < 1.29 is 14.6 Å². The second-order valence-electron chi connectivity index (χ2n) is 7.74. The van der Waals surface area contributed by atoms with Crippen molar-refractivity contribution in [3.63, 3.8) is 0 Å². The molecule has 33 heavy (non-hydrogen) atoms. The summed E-state index contributed by atoms with van der Waals surface area (Å²) in [5.41, 5.74) is 7.84. The number of aliphatic hydroxyl groups is 1. The summed E-state index contributed by atoms with van der Waals surface area (Å²) in [5, 5.41) is 18.0. The third-order valence-corrected chi connectivity index (χ3v) is 4.57. The number of benzene rings is 2. The van der Waals surface area contributed by atoms with E-state index in [1.54, 1.807) is 12.2 Å². The highest BCUT2D eigenvalue weighted by Crippen LogP contribution is 2.36. The summed E-state index contributed by atoms with van der Waals surface area (Å²) in [7, 11) is 0. The van der Waals surface area contributed by atoms with E-state index in [4.69, 9.17) is 5.11 Å². The lowest BCUT2D eigenvalue weighted by Gasteiger charge is -2.20. The van der Waals surface area contributed by atoms with Crippen LogP contribution in [-0.2, 0) is 0 Å². The van der Waals surface area contributed by atoms with Crippen LogP contribution >= 0.6 is 0 Å². The molecule has 0 saturated heterocycles. The minimum atomic E-state index is -0.412. The molecule has 0 atom stereocenters. The molecule has 0 saturated carbocycles. The Kier molecular flexibility index (Phi) is 11.2. The zero-order valence-corrected chi connectivity index (χ0v) is 19.9. The molecule has 0 aliphatic carbocycles. The number of allylic oxidation sites excluding steroid dienone is 10. The van der Waals surface area contributed by atoms with Crippen molar-refractivity contribution in [1.29, 1.82) is 0 Å². The van der Waals surface area contributed by atoms with E-state index in [1.165, 1.54) is 23.8 Å². The molecule has 0 aliphatic rings. The van der Waals surface area contributed by atoms with Crippen LogP contribution in [0.15, 0.2) is 132 Å². The highest BCUT2D eigenvalue weighted by molar-refractivity contribution is 5.90. The Bertz CT molecular complexity index is 1090. The molecule has 172 valence electrons. The standard InChI is InChI=1S/C24H28O.C6H5FO/c1-8-19(6)22(14-15-25)24(21-12-10-9-11-13-21)23(18(4)5)20(7)16-17(2)3;7-5-2-1-3-6(8)4-5/h8-16,25H,1,4,7H2,2-3,5-6H3;1-4,8H/b15-14+,22-19+,24-23+;. The van der Waals surface area contributed by atoms with Crippen LogP contribution in [-0.4, -0.2) is 10.2 Å². The average molecular weight is 445 g/mol. The molecule has 2 aromatic rings. The molecule has 0 spiro atoms. The number of halogens is 1. The van der Waals surface area contributed by atoms with Crippen LogP contribution in [0.1, 0.15) is 33.3 Å². The summed E-state index contributed by atoms with van der Waals surface area (Å²) in [4.78, 5) is 0. The van der Waals surface area contributed by atoms with Crippen LogP contribution in [0.5, 0.6) is 5.75 Å². The Morgan fingerprint density at radius 1 is 0.939 bits per heavy atom. The van der Waals surface area contributed by atoms with Crippen molar-refractivity contribution in [3.8, 4) is 5.75 Å². The molecule has 0 aliphatic heterocycles. The molecule has 0 aromatic heterocycles. The number of hydrogen-bond donors (Lipinski definition) is 2. The zero-order chi connectivity index (χ0) is 25.0. The quantitative estimate of drug-likeness (QED) is 0.331. The van der Waals surface area contributed by atoms with Gasteiger partial charge in [-0.15, -0.1) is 0 Å². The second kappa shape index (κ2) is 13.5. The SMILES string of the molecule is C=C/C(C)=C(\C=C\O)C(=C(\C(=C)C)C(=C)C=C(C)C)/c1ccccc1.Oc1cccc(F)c1. The van der Waals surface area contributed by atoms with E-state index < -0.39 is 5.82 Å². The van der Waals surface area contributed by atoms with E-state index in [9.17, 15) is 9.50 Å². The fourth-order valence-corrected chi connectivity index (χ4v) is 3.18. The van der Waals surface area contributed by atoms with E-state index in [0.29, 0.717) is 0 Å². The number of phenolic OH excluding ortho intramolecular Hbond substituents is 1. The summed E-state index contributed by atoms with van der Waals surface area (Å²) in [6.07, 6.45) is 6.59. The molecule has 0 amide bonds. The third-order valence-electron chi connectivity index (χ3n) is 4.57. The van der Waals surface area contributed by atoms with Gasteiger partial charge in [0.25, 0.3) is 0 Å². The van der Waals surface area contributed by atoms with E-state index in [2.05, 4.69) is 37.9 Å². The maximum absolute atomic E-state index is 12.0. The number of phenols is 1. The topological polar surface area (TPSA) is 40.5 Å². The first-order chi connectivity index (χ1) is 15.6. The second-order valence-corrected chi connectivity index (χ2v) is 7.74. The van der Waals surface area contributed by atoms with Crippen molar-refractivity contribution in [2.45, 2.75) is 27.7 Å². The lowest BCUT2D eigenvalue weighted by Crippen LogP contribution is -2.00. The van der Waals surface area contributed by atoms with Crippen LogP contribution in [0, 0.1) is 5.82 Å². The number of aromatic hydroxyl groups is 1. The monoisotopic (exact) mass is 444 g/mol. The number of aliphatic hydroxyl groups excluding tert-OH is 1. The van der Waals surface area contributed by atoms with Gasteiger partial charge in [0.15, 0.2) is 0 Å². The molecule has 2 nitrogen and oxygen atoms in total. The van der Waals surface area contributed by atoms with Gasteiger partial charge in [-0.3, -0.25) is 0 Å². The van der Waals surface area contributed by atoms with E-state index in [-0.39, 0.29) is 5.75 Å². The first kappa shape index (κ1) is 27.2. The minimum Gasteiger partial charge on any atom is -0.516 e. The van der Waals surface area contributed by atoms with Gasteiger partial charge in [-0.2, -0.15) is 0 Å². The Hall–Kier alpha value is -3.85. The average Bonchev–Trinajstić information content (AvgIpc) is 2.75. The molecule has 0 bridgehead atoms. The van der Waals surface area contributed by atoms with Crippen LogP contribution in [0.4, 0.5) is 4.39 Å². The van der Waals surface area contributed by atoms with E-state index >= 15 is 0 Å². The molecular formula is C30H33FO2. The summed E-state index contributed by atoms with van der Waals surface area (Å²) in [5.74, 6) is -0.449. The van der Waals surface area contributed by atoms with Crippen molar-refractivity contribution in [3.05, 3.63) is 144 Å². The van der Waals surface area contributed by atoms with Crippen molar-refractivity contribution in [1.82, 2.24) is 0 Å². The molecule has 2 aromatic carbocycles. The molecule has 3 heteroatoms. The van der Waals surface area contributed by atoms with Crippen LogP contribution in [0.3, 0.4) is 0 Å². The van der Waals surface area contributed by atoms with Gasteiger partial charge < -0.3 is 10.2 Å². The summed E-state index contributed by atoms with van der Waals surface area (Å²) < 4.78 is 12.0. The lowest BCUT2D eigenvalue weighted by atomic mass is 9.84. The normalized spacial score (nSPS) is 12.0. The smallest absolute Gasteiger partial charge is 0.126 e. The largest absolute Gasteiger partial charge is 0.516 e. The maximum Gasteiger partial charge on any atom is 0.126 e. The van der Waals surface area contributed by atoms with Crippen LogP contribution in [0.2, 0.25) is 0 Å². The first-order valence-electron chi connectivity index (χ1n) is 10.5. The van der Waals surface area contributed by atoms with Gasteiger partial charge in [0.1, 0.15) is 11.6 Å². The molecule has 0 radical (unpaired) electrons. The van der Waals surface area contributed by atoms with Gasteiger partial charge in [-0.1, -0.05) is 73.9 Å². The fraction of sp³-hybridized carbons (Fsp3) is 0.133. The predicted octanol–water partition coefficient (Wildman–Crippen LogP) is 8.64. The van der Waals surface area contributed by atoms with E-state index in [1.807, 2.05) is 45.9 Å². The van der Waals surface area contributed by atoms with Gasteiger partial charge in [0.2, 0.25) is 0 Å². The summed E-state index contributed by atoms with van der Waals surface area (Å²) >= 11 is 0. The van der Waals surface area contributed by atoms with Gasteiger partial charge in [-0.05, 0) is 84.9 Å². The molecule has 0 unspecified atom stereocenters. The number of rotatable bonds is 7. The highest BCUT2D eigenvalue weighted by atomic mass is 19.1. The Labute approximate surface area is 197 Å². The summed E-state index contributed by atoms with van der Waals surface area (Å²) in [6.45, 7) is 20.4. The third kappa shape index (κ3) is 8.66. The van der Waals surface area contributed by atoms with E-state index in [0.717, 1.165) is 51.3 Å². The fourth-order valence-electron chi connectivity index (χ4n) is 3.18. The van der Waals surface area contributed by atoms with Gasteiger partial charge in [-0.25, -0.2) is 4.39 Å². The molecule has 2 rings (SSSR count). The lowest BCUT2D eigenvalue weighted by molar-refractivity contribution is 0.469. The molecular weight excluding hydrogens is 411 g/mol. The van der Waals surface area contributed by atoms with Gasteiger partial charge in [0.05, 0.1) is 6.26 Å². The summed E-state index contributed by atoms with van der Waals surface area (Å²) in [6, 6.07) is 15.3. The van der Waals surface area contributed by atoms with Gasteiger partial charge >= 0.3 is 0 Å². The van der Waals surface area contributed by atoms with Crippen LogP contribution in [0.25, 0.3) is 5.57 Å². The molecule has 0 fully saturated rings. The van der Waals surface area contributed by atoms with Crippen molar-refractivity contribution >= 4 is 5.57 Å². The highest BCUT2D eigenvalue weighted by Gasteiger charge is 2.16. The molecule has 0 heterocycles. The van der Waals surface area contributed by atoms with Gasteiger partial charge in [0, 0.05) is 6.07 Å². The van der Waals surface area contributed by atoms with Crippen molar-refractivity contribution in [2.24, 2.45) is 0 Å². The first-order valence-corrected chi connectivity index (χ1v) is 10.5. The Morgan fingerprint density at radius 3 is 2.00 bits per heavy atom. The molecule has 2 N–H and O–H groups in total. The predicted molar refractivity (Wildman–Crippen MR) is 139 cm³/mol. The minimum absolute atomic E-state index is 0.0370. The Morgan fingerprint density at radius 2 is 1.58 bits per heavy atom. The number of hydrogen-bond acceptors (Lipinski definition) is 2. The van der Waals surface area contributed by atoms with Crippen LogP contribution < -0.4 is 0 Å². The maximum atomic E-state index is 12.0.